The van der Waals surface area contributed by atoms with Gasteiger partial charge in [0.15, 0.2) is 11.6 Å². The first-order valence-corrected chi connectivity index (χ1v) is 8.00. The molecule has 108 valence electrons. The van der Waals surface area contributed by atoms with Crippen molar-refractivity contribution in [3.8, 4) is 0 Å². The zero-order chi connectivity index (χ0) is 13.6. The van der Waals surface area contributed by atoms with Gasteiger partial charge in [0, 0.05) is 12.5 Å². The summed E-state index contributed by atoms with van der Waals surface area (Å²) in [6.45, 7) is 0.822. The molecule has 1 N–H and O–H groups in total. The molecule has 0 radical (unpaired) electrons. The maximum absolute atomic E-state index is 12.2. The van der Waals surface area contributed by atoms with E-state index in [-0.39, 0.29) is 5.91 Å². The molecule has 0 atom stereocenters. The van der Waals surface area contributed by atoms with Crippen LogP contribution in [-0.2, 0) is 0 Å². The van der Waals surface area contributed by atoms with Crippen LogP contribution in [0.4, 0.5) is 0 Å². The number of carbonyl (C=O) groups excluding carboxylic acids is 1. The molecule has 1 amide bonds. The molecule has 0 unspecified atom stereocenters. The van der Waals surface area contributed by atoms with Gasteiger partial charge < -0.3 is 9.73 Å². The lowest BCUT2D eigenvalue weighted by molar-refractivity contribution is 0.0937. The fraction of sp³-hybridized carbons (Fsp3) is 0.750. The van der Waals surface area contributed by atoms with E-state index in [1.54, 1.807) is 0 Å². The van der Waals surface area contributed by atoms with E-state index in [4.69, 9.17) is 4.42 Å². The zero-order valence-corrected chi connectivity index (χ0v) is 11.9. The van der Waals surface area contributed by atoms with Crippen molar-refractivity contribution in [3.63, 3.8) is 0 Å². The van der Waals surface area contributed by atoms with Gasteiger partial charge in [-0.15, -0.1) is 0 Å². The van der Waals surface area contributed by atoms with Crippen molar-refractivity contribution >= 4 is 5.91 Å². The van der Waals surface area contributed by atoms with Gasteiger partial charge in [0.1, 0.15) is 6.26 Å². The van der Waals surface area contributed by atoms with Gasteiger partial charge in [-0.25, -0.2) is 4.98 Å². The van der Waals surface area contributed by atoms with Gasteiger partial charge in [-0.05, 0) is 49.9 Å². The van der Waals surface area contributed by atoms with Crippen molar-refractivity contribution in [1.29, 1.82) is 0 Å². The van der Waals surface area contributed by atoms with E-state index in [2.05, 4.69) is 10.3 Å². The van der Waals surface area contributed by atoms with Crippen LogP contribution >= 0.6 is 0 Å². The highest BCUT2D eigenvalue weighted by atomic mass is 16.3. The molecule has 0 aliphatic heterocycles. The Morgan fingerprint density at radius 2 is 2.05 bits per heavy atom. The topological polar surface area (TPSA) is 55.1 Å². The summed E-state index contributed by atoms with van der Waals surface area (Å²) >= 11 is 0. The monoisotopic (exact) mass is 274 g/mol. The Bertz CT molecular complexity index is 508. The summed E-state index contributed by atoms with van der Waals surface area (Å²) in [5.74, 6) is 1.99. The summed E-state index contributed by atoms with van der Waals surface area (Å²) in [7, 11) is 0. The molecule has 0 aromatic carbocycles. The molecule has 1 aromatic rings. The van der Waals surface area contributed by atoms with Crippen LogP contribution in [-0.4, -0.2) is 17.4 Å². The molecule has 20 heavy (non-hydrogen) atoms. The lowest BCUT2D eigenvalue weighted by Crippen LogP contribution is -2.31. The highest BCUT2D eigenvalue weighted by molar-refractivity contribution is 5.91. The van der Waals surface area contributed by atoms with E-state index in [9.17, 15) is 4.79 Å². The highest BCUT2D eigenvalue weighted by Gasteiger charge is 2.53. The number of hydrogen-bond acceptors (Lipinski definition) is 3. The number of nitrogens with zero attached hydrogens (tertiary/aromatic N) is 1. The summed E-state index contributed by atoms with van der Waals surface area (Å²) in [5.41, 5.74) is 0.895. The molecule has 3 aliphatic rings. The van der Waals surface area contributed by atoms with Crippen LogP contribution in [0.25, 0.3) is 0 Å². The zero-order valence-electron chi connectivity index (χ0n) is 11.9. The second-order valence-electron chi connectivity index (χ2n) is 6.87. The molecule has 0 spiro atoms. The normalized spacial score (nSPS) is 24.8. The smallest absolute Gasteiger partial charge is 0.273 e. The lowest BCUT2D eigenvalue weighted by atomic mass is 10.0. The quantitative estimate of drug-likeness (QED) is 0.896. The van der Waals surface area contributed by atoms with Gasteiger partial charge >= 0.3 is 0 Å². The van der Waals surface area contributed by atoms with Crippen molar-refractivity contribution in [1.82, 2.24) is 10.3 Å². The van der Waals surface area contributed by atoms with E-state index in [1.165, 1.54) is 44.8 Å². The number of carbonyl (C=O) groups is 1. The Hall–Kier alpha value is -1.32. The van der Waals surface area contributed by atoms with E-state index in [1.807, 2.05) is 0 Å². The Morgan fingerprint density at radius 1 is 1.30 bits per heavy atom. The third kappa shape index (κ3) is 2.25. The molecule has 0 saturated heterocycles. The average molecular weight is 274 g/mol. The third-order valence-electron chi connectivity index (χ3n) is 5.40. The van der Waals surface area contributed by atoms with Crippen LogP contribution in [0.5, 0.6) is 0 Å². The number of oxazole rings is 1. The van der Waals surface area contributed by atoms with Crippen LogP contribution in [0.1, 0.15) is 73.7 Å². The van der Waals surface area contributed by atoms with Gasteiger partial charge in [0.05, 0.1) is 0 Å². The summed E-state index contributed by atoms with van der Waals surface area (Å²) in [4.78, 5) is 16.6. The Morgan fingerprint density at radius 3 is 2.70 bits per heavy atom. The molecular formula is C16H22N2O2. The minimum absolute atomic E-state index is 0.0649. The Balaban J connectivity index is 1.36. The molecule has 3 saturated carbocycles. The van der Waals surface area contributed by atoms with Gasteiger partial charge in [-0.1, -0.05) is 12.8 Å². The van der Waals surface area contributed by atoms with Gasteiger partial charge in [-0.3, -0.25) is 4.79 Å². The van der Waals surface area contributed by atoms with Crippen LogP contribution in [0.15, 0.2) is 10.7 Å². The molecule has 3 fully saturated rings. The molecule has 4 nitrogen and oxygen atoms in total. The molecule has 1 aromatic heterocycles. The number of amides is 1. The molecule has 4 rings (SSSR count). The number of aromatic nitrogens is 1. The first-order chi connectivity index (χ1) is 9.77. The third-order valence-corrected chi connectivity index (χ3v) is 5.40. The van der Waals surface area contributed by atoms with Crippen LogP contribution < -0.4 is 5.32 Å². The summed E-state index contributed by atoms with van der Waals surface area (Å²) < 4.78 is 5.51. The maximum atomic E-state index is 12.2. The maximum Gasteiger partial charge on any atom is 0.273 e. The fourth-order valence-corrected chi connectivity index (χ4v) is 3.68. The summed E-state index contributed by atoms with van der Waals surface area (Å²) in [5, 5.41) is 3.07. The SMILES string of the molecule is O=C(NCC1(C2CC2)CC1)c1coc(C2CCCC2)n1. The van der Waals surface area contributed by atoms with E-state index < -0.39 is 0 Å². The standard InChI is InChI=1S/C16H22N2O2/c19-14(17-10-16(7-8-16)12-5-6-12)13-9-20-15(18-13)11-3-1-2-4-11/h9,11-12H,1-8,10H2,(H,17,19). The fourth-order valence-electron chi connectivity index (χ4n) is 3.68. The lowest BCUT2D eigenvalue weighted by Gasteiger charge is -2.13. The first-order valence-electron chi connectivity index (χ1n) is 8.00. The first kappa shape index (κ1) is 12.4. The predicted octanol–water partition coefficient (Wildman–Crippen LogP) is 3.25. The largest absolute Gasteiger partial charge is 0.448 e. The van der Waals surface area contributed by atoms with E-state index in [0.717, 1.165) is 31.2 Å². The van der Waals surface area contributed by atoms with Crippen molar-refractivity contribution in [2.45, 2.75) is 57.3 Å². The van der Waals surface area contributed by atoms with Gasteiger partial charge in [-0.2, -0.15) is 0 Å². The highest BCUT2D eigenvalue weighted by Crippen LogP contribution is 2.60. The Kier molecular flexibility index (Phi) is 2.86. The van der Waals surface area contributed by atoms with E-state index >= 15 is 0 Å². The summed E-state index contributed by atoms with van der Waals surface area (Å²) in [6, 6.07) is 0. The molecule has 1 heterocycles. The summed E-state index contributed by atoms with van der Waals surface area (Å²) in [6.07, 6.45) is 11.6. The molecular weight excluding hydrogens is 252 g/mol. The van der Waals surface area contributed by atoms with Crippen molar-refractivity contribution in [2.24, 2.45) is 11.3 Å². The van der Waals surface area contributed by atoms with Crippen LogP contribution in [0.3, 0.4) is 0 Å². The molecule has 3 aliphatic carbocycles. The van der Waals surface area contributed by atoms with Gasteiger partial charge in [0.25, 0.3) is 5.91 Å². The van der Waals surface area contributed by atoms with E-state index in [0.29, 0.717) is 17.0 Å². The van der Waals surface area contributed by atoms with Crippen LogP contribution in [0, 0.1) is 11.3 Å². The van der Waals surface area contributed by atoms with Crippen molar-refractivity contribution in [3.05, 3.63) is 17.8 Å². The second kappa shape index (κ2) is 4.61. The number of hydrogen-bond donors (Lipinski definition) is 1. The molecule has 0 bridgehead atoms. The van der Waals surface area contributed by atoms with Gasteiger partial charge in [0.2, 0.25) is 0 Å². The number of nitrogens with one attached hydrogen (secondary N) is 1. The number of rotatable bonds is 5. The second-order valence-corrected chi connectivity index (χ2v) is 6.87. The minimum atomic E-state index is -0.0649. The minimum Gasteiger partial charge on any atom is -0.448 e. The van der Waals surface area contributed by atoms with Crippen molar-refractivity contribution < 1.29 is 9.21 Å². The Labute approximate surface area is 119 Å². The molecule has 4 heteroatoms. The van der Waals surface area contributed by atoms with Crippen molar-refractivity contribution in [2.75, 3.05) is 6.54 Å². The predicted molar refractivity (Wildman–Crippen MR) is 74.4 cm³/mol. The van der Waals surface area contributed by atoms with Crippen LogP contribution in [0.2, 0.25) is 0 Å². The average Bonchev–Trinajstić information content (AvgIpc) is 3.33.